The van der Waals surface area contributed by atoms with Gasteiger partial charge in [0.15, 0.2) is 0 Å². The molecular formula is C17H14ClNO3S. The van der Waals surface area contributed by atoms with Crippen LogP contribution in [-0.2, 0) is 4.79 Å². The van der Waals surface area contributed by atoms with Crippen molar-refractivity contribution in [2.24, 2.45) is 0 Å². The van der Waals surface area contributed by atoms with Crippen molar-refractivity contribution >= 4 is 35.2 Å². The number of hydrogen-bond donors (Lipinski definition) is 1. The molecule has 1 fully saturated rings. The highest BCUT2D eigenvalue weighted by Crippen LogP contribution is 2.42. The van der Waals surface area contributed by atoms with Gasteiger partial charge >= 0.3 is 5.97 Å². The summed E-state index contributed by atoms with van der Waals surface area (Å²) < 4.78 is 0. The number of thioether (sulfide) groups is 1. The van der Waals surface area contributed by atoms with E-state index in [0.717, 1.165) is 5.56 Å². The molecule has 1 N–H and O–H groups in total. The van der Waals surface area contributed by atoms with Crippen LogP contribution < -0.4 is 0 Å². The number of benzene rings is 2. The van der Waals surface area contributed by atoms with E-state index < -0.39 is 12.0 Å². The molecule has 3 rings (SSSR count). The van der Waals surface area contributed by atoms with E-state index in [1.807, 2.05) is 30.3 Å². The van der Waals surface area contributed by atoms with Crippen LogP contribution in [0.3, 0.4) is 0 Å². The molecule has 6 heteroatoms. The van der Waals surface area contributed by atoms with E-state index in [2.05, 4.69) is 0 Å². The van der Waals surface area contributed by atoms with E-state index >= 15 is 0 Å². The molecule has 0 radical (unpaired) electrons. The van der Waals surface area contributed by atoms with E-state index in [4.69, 9.17) is 11.6 Å². The fourth-order valence-corrected chi connectivity index (χ4v) is 4.11. The SMILES string of the molecule is O=C(O)[C@H]1CS[C@H](c2ccccc2)N1C(=O)c1ccc(Cl)cc1. The monoisotopic (exact) mass is 347 g/mol. The zero-order valence-electron chi connectivity index (χ0n) is 12.1. The minimum Gasteiger partial charge on any atom is -0.480 e. The van der Waals surface area contributed by atoms with Crippen LogP contribution in [0.4, 0.5) is 0 Å². The number of carbonyl (C=O) groups excluding carboxylic acids is 1. The minimum atomic E-state index is -0.988. The third kappa shape index (κ3) is 3.21. The van der Waals surface area contributed by atoms with Crippen molar-refractivity contribution in [2.45, 2.75) is 11.4 Å². The first-order valence-corrected chi connectivity index (χ1v) is 8.48. The molecule has 1 aliphatic heterocycles. The average molecular weight is 348 g/mol. The first-order chi connectivity index (χ1) is 11.1. The van der Waals surface area contributed by atoms with Crippen molar-refractivity contribution in [3.8, 4) is 0 Å². The van der Waals surface area contributed by atoms with Gasteiger partial charge in [0.1, 0.15) is 11.4 Å². The summed E-state index contributed by atoms with van der Waals surface area (Å²) in [6.45, 7) is 0. The summed E-state index contributed by atoms with van der Waals surface area (Å²) in [4.78, 5) is 25.9. The van der Waals surface area contributed by atoms with Gasteiger partial charge in [-0.2, -0.15) is 0 Å². The van der Waals surface area contributed by atoms with Crippen molar-refractivity contribution in [2.75, 3.05) is 5.75 Å². The van der Waals surface area contributed by atoms with Crippen LogP contribution in [0.15, 0.2) is 54.6 Å². The standard InChI is InChI=1S/C17H14ClNO3S/c18-13-8-6-11(7-9-13)15(20)19-14(17(21)22)10-23-16(19)12-4-2-1-3-5-12/h1-9,14,16H,10H2,(H,21,22)/t14-,16-/m1/s1. The lowest BCUT2D eigenvalue weighted by molar-refractivity contribution is -0.141. The molecule has 4 nitrogen and oxygen atoms in total. The molecule has 2 aromatic rings. The summed E-state index contributed by atoms with van der Waals surface area (Å²) in [6.07, 6.45) is 0. The first-order valence-electron chi connectivity index (χ1n) is 7.05. The third-order valence-corrected chi connectivity index (χ3v) is 5.27. The maximum absolute atomic E-state index is 12.9. The van der Waals surface area contributed by atoms with Gasteiger partial charge in [-0.15, -0.1) is 11.8 Å². The average Bonchev–Trinajstić information content (AvgIpc) is 3.01. The van der Waals surface area contributed by atoms with Gasteiger partial charge < -0.3 is 10.0 Å². The second-order valence-corrected chi connectivity index (χ2v) is 6.72. The van der Waals surface area contributed by atoms with E-state index in [1.165, 1.54) is 16.7 Å². The predicted octanol–water partition coefficient (Wildman–Crippen LogP) is 3.68. The number of halogens is 1. The molecule has 0 saturated carbocycles. The van der Waals surface area contributed by atoms with Gasteiger partial charge in [-0.1, -0.05) is 41.9 Å². The second-order valence-electron chi connectivity index (χ2n) is 5.17. The Bertz CT molecular complexity index is 720. The van der Waals surface area contributed by atoms with Gasteiger partial charge in [-0.3, -0.25) is 4.79 Å². The molecule has 1 saturated heterocycles. The quantitative estimate of drug-likeness (QED) is 0.920. The molecule has 118 valence electrons. The highest BCUT2D eigenvalue weighted by Gasteiger charge is 2.42. The molecule has 1 amide bonds. The maximum Gasteiger partial charge on any atom is 0.327 e. The Morgan fingerprint density at radius 1 is 1.09 bits per heavy atom. The molecule has 23 heavy (non-hydrogen) atoms. The van der Waals surface area contributed by atoms with Crippen molar-refractivity contribution in [3.05, 3.63) is 70.7 Å². The number of nitrogens with zero attached hydrogens (tertiary/aromatic N) is 1. The van der Waals surface area contributed by atoms with Gasteiger partial charge in [0.05, 0.1) is 0 Å². The topological polar surface area (TPSA) is 57.6 Å². The lowest BCUT2D eigenvalue weighted by Gasteiger charge is -2.27. The molecule has 0 bridgehead atoms. The van der Waals surface area contributed by atoms with Crippen LogP contribution in [0.2, 0.25) is 5.02 Å². The number of carbonyl (C=O) groups is 2. The number of hydrogen-bond acceptors (Lipinski definition) is 3. The fourth-order valence-electron chi connectivity index (χ4n) is 2.56. The van der Waals surface area contributed by atoms with Crippen LogP contribution in [0.1, 0.15) is 21.3 Å². The summed E-state index contributed by atoms with van der Waals surface area (Å²) in [5.74, 6) is -0.917. The minimum absolute atomic E-state index is 0.298. The zero-order chi connectivity index (χ0) is 16.4. The lowest BCUT2D eigenvalue weighted by atomic mass is 10.1. The molecule has 0 unspecified atom stereocenters. The summed E-state index contributed by atoms with van der Waals surface area (Å²) in [7, 11) is 0. The van der Waals surface area contributed by atoms with Crippen LogP contribution in [0.5, 0.6) is 0 Å². The number of amides is 1. The Morgan fingerprint density at radius 3 is 2.35 bits per heavy atom. The predicted molar refractivity (Wildman–Crippen MR) is 90.7 cm³/mol. The molecule has 1 aliphatic rings. The van der Waals surface area contributed by atoms with Crippen molar-refractivity contribution in [3.63, 3.8) is 0 Å². The molecular weight excluding hydrogens is 334 g/mol. The van der Waals surface area contributed by atoms with Crippen molar-refractivity contribution < 1.29 is 14.7 Å². The maximum atomic E-state index is 12.9. The van der Waals surface area contributed by atoms with Gasteiger partial charge in [-0.25, -0.2) is 4.79 Å². The number of aliphatic carboxylic acids is 1. The highest BCUT2D eigenvalue weighted by molar-refractivity contribution is 7.99. The largest absolute Gasteiger partial charge is 0.480 e. The van der Waals surface area contributed by atoms with E-state index in [0.29, 0.717) is 16.3 Å². The van der Waals surface area contributed by atoms with E-state index in [-0.39, 0.29) is 11.3 Å². The summed E-state index contributed by atoms with van der Waals surface area (Å²) >= 11 is 7.32. The Kier molecular flexibility index (Phi) is 4.59. The number of carboxylic acid groups (broad SMARTS) is 1. The smallest absolute Gasteiger partial charge is 0.327 e. The second kappa shape index (κ2) is 6.64. The molecule has 0 aromatic heterocycles. The van der Waals surface area contributed by atoms with Gasteiger partial charge in [0, 0.05) is 16.3 Å². The van der Waals surface area contributed by atoms with E-state index in [9.17, 15) is 14.7 Å². The van der Waals surface area contributed by atoms with Gasteiger partial charge in [0.2, 0.25) is 0 Å². The summed E-state index contributed by atoms with van der Waals surface area (Å²) in [6, 6.07) is 15.1. The number of carboxylic acids is 1. The zero-order valence-corrected chi connectivity index (χ0v) is 13.6. The molecule has 2 atom stereocenters. The fraction of sp³-hybridized carbons (Fsp3) is 0.176. The Hall–Kier alpha value is -1.98. The Labute approximate surface area is 143 Å². The summed E-state index contributed by atoms with van der Waals surface area (Å²) in [5.41, 5.74) is 1.35. The van der Waals surface area contributed by atoms with Crippen LogP contribution >= 0.6 is 23.4 Å². The molecule has 1 heterocycles. The van der Waals surface area contributed by atoms with Gasteiger partial charge in [0.25, 0.3) is 5.91 Å². The van der Waals surface area contributed by atoms with Crippen molar-refractivity contribution in [1.29, 1.82) is 0 Å². The van der Waals surface area contributed by atoms with Gasteiger partial charge in [-0.05, 0) is 29.8 Å². The van der Waals surface area contributed by atoms with Crippen LogP contribution in [0, 0.1) is 0 Å². The Morgan fingerprint density at radius 2 is 1.74 bits per heavy atom. The first kappa shape index (κ1) is 15.9. The van der Waals surface area contributed by atoms with E-state index in [1.54, 1.807) is 24.3 Å². The Balaban J connectivity index is 1.97. The highest BCUT2D eigenvalue weighted by atomic mass is 35.5. The lowest BCUT2D eigenvalue weighted by Crippen LogP contribution is -2.42. The number of rotatable bonds is 3. The third-order valence-electron chi connectivity index (χ3n) is 3.70. The molecule has 2 aromatic carbocycles. The molecule has 0 spiro atoms. The van der Waals surface area contributed by atoms with Crippen LogP contribution in [-0.4, -0.2) is 33.7 Å². The normalized spacial score (nSPS) is 20.5. The molecule has 0 aliphatic carbocycles. The summed E-state index contributed by atoms with van der Waals surface area (Å²) in [5, 5.41) is 9.69. The van der Waals surface area contributed by atoms with Crippen molar-refractivity contribution in [1.82, 2.24) is 4.90 Å². The van der Waals surface area contributed by atoms with Crippen LogP contribution in [0.25, 0.3) is 0 Å².